The van der Waals surface area contributed by atoms with Gasteiger partial charge in [0.2, 0.25) is 10.0 Å². The molecule has 0 atom stereocenters. The summed E-state index contributed by atoms with van der Waals surface area (Å²) >= 11 is 0. The summed E-state index contributed by atoms with van der Waals surface area (Å²) in [5.74, 6) is 0.417. The summed E-state index contributed by atoms with van der Waals surface area (Å²) in [6, 6.07) is 3.45. The predicted molar refractivity (Wildman–Crippen MR) is 115 cm³/mol. The first-order chi connectivity index (χ1) is 12.8. The molecule has 8 heteroatoms. The number of ether oxygens (including phenoxy) is 1. The highest BCUT2D eigenvalue weighted by molar-refractivity contribution is 7.92. The molecule has 0 spiro atoms. The summed E-state index contributed by atoms with van der Waals surface area (Å²) < 4.78 is 31.0. The van der Waals surface area contributed by atoms with E-state index in [4.69, 9.17) is 4.74 Å². The third-order valence-corrected chi connectivity index (χ3v) is 4.01. The lowest BCUT2D eigenvalue weighted by Crippen LogP contribution is -2.16. The van der Waals surface area contributed by atoms with Crippen LogP contribution in [-0.2, 0) is 19.6 Å². The minimum atomic E-state index is -3.44. The van der Waals surface area contributed by atoms with Crippen LogP contribution in [0, 0.1) is 13.8 Å². The molecule has 0 radical (unpaired) electrons. The Labute approximate surface area is 167 Å². The third-order valence-electron chi connectivity index (χ3n) is 3.42. The molecule has 0 bridgehead atoms. The van der Waals surface area contributed by atoms with Crippen LogP contribution in [0.2, 0.25) is 0 Å². The number of allylic oxidation sites excluding steroid dienone is 2. The van der Waals surface area contributed by atoms with Gasteiger partial charge < -0.3 is 10.1 Å². The molecule has 1 rings (SSSR count). The monoisotopic (exact) mass is 405 g/mol. The Bertz CT molecular complexity index is 973. The second-order valence-corrected chi connectivity index (χ2v) is 8.31. The fourth-order valence-electron chi connectivity index (χ4n) is 2.36. The number of nitrogens with one attached hydrogen (secondary N) is 2. The molecule has 0 aromatic heterocycles. The minimum Gasteiger partial charge on any atom is -0.448 e. The zero-order chi connectivity index (χ0) is 21.6. The van der Waals surface area contributed by atoms with Crippen LogP contribution >= 0.6 is 0 Å². The lowest BCUT2D eigenvalue weighted by Gasteiger charge is -2.15. The first-order valence-electron chi connectivity index (χ1n) is 8.44. The van der Waals surface area contributed by atoms with Crippen LogP contribution < -0.4 is 10.0 Å². The summed E-state index contributed by atoms with van der Waals surface area (Å²) in [6.07, 6.45) is 2.56. The number of carbonyl (C=O) groups is 1. The number of sulfonamides is 1. The van der Waals surface area contributed by atoms with Gasteiger partial charge in [-0.15, -0.1) is 0 Å². The highest BCUT2D eigenvalue weighted by atomic mass is 32.2. The molecule has 0 saturated carbocycles. The van der Waals surface area contributed by atoms with Crippen molar-refractivity contribution in [1.82, 2.24) is 0 Å². The molecule has 0 heterocycles. The second kappa shape index (κ2) is 9.36. The number of aryl methyl sites for hydroxylation is 1. The van der Waals surface area contributed by atoms with Crippen LogP contribution in [0.1, 0.15) is 31.9 Å². The molecular weight excluding hydrogens is 378 g/mol. The van der Waals surface area contributed by atoms with Crippen LogP contribution in [0.5, 0.6) is 0 Å². The van der Waals surface area contributed by atoms with E-state index in [1.807, 2.05) is 0 Å². The van der Waals surface area contributed by atoms with Crippen LogP contribution in [0.25, 0.3) is 0 Å². The van der Waals surface area contributed by atoms with E-state index in [-0.39, 0.29) is 5.57 Å². The maximum Gasteiger partial charge on any atom is 0.255 e. The summed E-state index contributed by atoms with van der Waals surface area (Å²) in [6.45, 7) is 16.1. The van der Waals surface area contributed by atoms with Crippen molar-refractivity contribution < 1.29 is 17.9 Å². The van der Waals surface area contributed by atoms with Gasteiger partial charge in [0.25, 0.3) is 5.91 Å². The number of hydrogen-bond donors (Lipinski definition) is 2. The van der Waals surface area contributed by atoms with Gasteiger partial charge in [-0.3, -0.25) is 9.52 Å². The van der Waals surface area contributed by atoms with Crippen molar-refractivity contribution in [3.8, 4) is 0 Å². The summed E-state index contributed by atoms with van der Waals surface area (Å²) in [5, 5.41) is 2.75. The Kier molecular flexibility index (Phi) is 7.75. The van der Waals surface area contributed by atoms with Crippen molar-refractivity contribution in [3.63, 3.8) is 0 Å². The minimum absolute atomic E-state index is 0.180. The highest BCUT2D eigenvalue weighted by Gasteiger charge is 2.13. The van der Waals surface area contributed by atoms with Gasteiger partial charge in [-0.25, -0.2) is 13.4 Å². The number of carbonyl (C=O) groups excluding carboxylic acids is 1. The second-order valence-electron chi connectivity index (χ2n) is 6.56. The lowest BCUT2D eigenvalue weighted by atomic mass is 10.1. The largest absolute Gasteiger partial charge is 0.448 e. The molecule has 1 amide bonds. The molecule has 1 aromatic rings. The zero-order valence-corrected chi connectivity index (χ0v) is 18.0. The van der Waals surface area contributed by atoms with Crippen molar-refractivity contribution >= 4 is 33.2 Å². The molecule has 0 aliphatic carbocycles. The number of aliphatic imine (C=N–C) groups is 1. The molecule has 0 aliphatic rings. The summed E-state index contributed by atoms with van der Waals surface area (Å²) in [7, 11) is -3.44. The number of hydrogen-bond acceptors (Lipinski definition) is 5. The molecule has 0 unspecified atom stereocenters. The molecule has 2 N–H and O–H groups in total. The van der Waals surface area contributed by atoms with Gasteiger partial charge in [0, 0.05) is 23.9 Å². The molecule has 152 valence electrons. The summed E-state index contributed by atoms with van der Waals surface area (Å²) in [5.41, 5.74) is 3.07. The number of nitrogens with zero attached hydrogens (tertiary/aromatic N) is 1. The number of anilines is 2. The average molecular weight is 406 g/mol. The Morgan fingerprint density at radius 1 is 1.14 bits per heavy atom. The van der Waals surface area contributed by atoms with Crippen molar-refractivity contribution in [2.45, 2.75) is 34.6 Å². The van der Waals surface area contributed by atoms with Crippen molar-refractivity contribution in [2.24, 2.45) is 4.99 Å². The van der Waals surface area contributed by atoms with E-state index in [0.717, 1.165) is 11.8 Å². The Balaban J connectivity index is 2.99. The van der Waals surface area contributed by atoms with E-state index in [0.29, 0.717) is 34.3 Å². The van der Waals surface area contributed by atoms with Crippen molar-refractivity contribution in [2.75, 3.05) is 16.3 Å². The fraction of sp³-hybridized carbons (Fsp3) is 0.300. The van der Waals surface area contributed by atoms with Crippen molar-refractivity contribution in [1.29, 1.82) is 0 Å². The highest BCUT2D eigenvalue weighted by Crippen LogP contribution is 2.27. The Hall–Kier alpha value is -2.87. The van der Waals surface area contributed by atoms with Crippen LogP contribution in [0.15, 0.2) is 53.4 Å². The number of rotatable bonds is 7. The normalized spacial score (nSPS) is 12.4. The lowest BCUT2D eigenvalue weighted by molar-refractivity contribution is -0.112. The van der Waals surface area contributed by atoms with Crippen LogP contribution in [0.3, 0.4) is 0 Å². The van der Waals surface area contributed by atoms with E-state index in [1.165, 1.54) is 6.08 Å². The maximum atomic E-state index is 12.5. The van der Waals surface area contributed by atoms with Gasteiger partial charge in [-0.05, 0) is 57.0 Å². The third kappa shape index (κ3) is 7.79. The average Bonchev–Trinajstić information content (AvgIpc) is 2.48. The first kappa shape index (κ1) is 23.2. The van der Waals surface area contributed by atoms with E-state index >= 15 is 0 Å². The quantitative estimate of drug-likeness (QED) is 0.235. The fourth-order valence-corrected chi connectivity index (χ4v) is 2.97. The van der Waals surface area contributed by atoms with Crippen molar-refractivity contribution in [3.05, 3.63) is 59.5 Å². The smallest absolute Gasteiger partial charge is 0.255 e. The Morgan fingerprint density at radius 2 is 1.71 bits per heavy atom. The SMILES string of the molecule is C=C(C)N=C(C)O/C(C)=C/C(=C)C(=O)Nc1cc(C)cc(NS(C)(=O)=O)c1C. The predicted octanol–water partition coefficient (Wildman–Crippen LogP) is 4.04. The van der Waals surface area contributed by atoms with E-state index in [9.17, 15) is 13.2 Å². The molecule has 1 aromatic carbocycles. The molecule has 0 aliphatic heterocycles. The molecular formula is C20H27N3O4S. The van der Waals surface area contributed by atoms with Gasteiger partial charge in [0.05, 0.1) is 11.9 Å². The van der Waals surface area contributed by atoms with Crippen LogP contribution in [-0.4, -0.2) is 26.5 Å². The number of benzene rings is 1. The van der Waals surface area contributed by atoms with Gasteiger partial charge in [0.15, 0.2) is 5.90 Å². The van der Waals surface area contributed by atoms with Gasteiger partial charge in [0.1, 0.15) is 5.76 Å². The van der Waals surface area contributed by atoms with Gasteiger partial charge in [-0.2, -0.15) is 0 Å². The topological polar surface area (TPSA) is 96.9 Å². The Morgan fingerprint density at radius 3 is 2.25 bits per heavy atom. The van der Waals surface area contributed by atoms with E-state index < -0.39 is 15.9 Å². The van der Waals surface area contributed by atoms with Gasteiger partial charge >= 0.3 is 0 Å². The van der Waals surface area contributed by atoms with E-state index in [2.05, 4.69) is 28.2 Å². The van der Waals surface area contributed by atoms with E-state index in [1.54, 1.807) is 46.8 Å². The maximum absolute atomic E-state index is 12.5. The molecule has 7 nitrogen and oxygen atoms in total. The number of amides is 1. The molecule has 28 heavy (non-hydrogen) atoms. The van der Waals surface area contributed by atoms with Crippen LogP contribution in [0.4, 0.5) is 11.4 Å². The summed E-state index contributed by atoms with van der Waals surface area (Å²) in [4.78, 5) is 16.5. The standard InChI is InChI=1S/C20H27N3O4S/c1-12(2)21-17(7)27-15(5)11-14(4)20(24)22-18-9-13(3)10-19(16(18)6)23-28(8,25)26/h9-11,23H,1,4H2,2-3,5-8H3,(H,22,24)/b15-11+,21-17?. The first-order valence-corrected chi connectivity index (χ1v) is 10.3. The molecule has 0 saturated heterocycles. The van der Waals surface area contributed by atoms with Gasteiger partial charge in [-0.1, -0.05) is 13.2 Å². The molecule has 0 fully saturated rings. The zero-order valence-electron chi connectivity index (χ0n) is 17.1.